The SMILES string of the molecule is [2H]c1c([2H])c([2H])c(CC(=O)O)c(I)c1[2H]. The van der Waals surface area contributed by atoms with Gasteiger partial charge in [-0.25, -0.2) is 0 Å². The first-order chi connectivity index (χ1) is 6.86. The summed E-state index contributed by atoms with van der Waals surface area (Å²) in [6.07, 6.45) is -0.394. The third kappa shape index (κ3) is 2.49. The minimum absolute atomic E-state index is 0.133. The molecule has 0 saturated heterocycles. The molecule has 0 spiro atoms. The summed E-state index contributed by atoms with van der Waals surface area (Å²) in [5.74, 6) is -1.11. The van der Waals surface area contributed by atoms with Crippen LogP contribution >= 0.6 is 22.6 Å². The zero-order valence-electron chi connectivity index (χ0n) is 9.44. The molecule has 0 amide bonds. The maximum absolute atomic E-state index is 10.5. The van der Waals surface area contributed by atoms with Crippen molar-refractivity contribution in [3.8, 4) is 0 Å². The predicted octanol–water partition coefficient (Wildman–Crippen LogP) is 1.92. The summed E-state index contributed by atoms with van der Waals surface area (Å²) in [5.41, 5.74) is 0.133. The number of benzene rings is 1. The van der Waals surface area contributed by atoms with Crippen molar-refractivity contribution in [3.05, 3.63) is 33.3 Å². The lowest BCUT2D eigenvalue weighted by atomic mass is 10.2. The van der Waals surface area contributed by atoms with Gasteiger partial charge in [-0.15, -0.1) is 0 Å². The maximum Gasteiger partial charge on any atom is 0.307 e. The van der Waals surface area contributed by atoms with E-state index in [0.717, 1.165) is 0 Å². The van der Waals surface area contributed by atoms with Gasteiger partial charge in [0.15, 0.2) is 0 Å². The molecule has 0 aromatic heterocycles. The molecule has 0 atom stereocenters. The number of carboxylic acids is 1. The van der Waals surface area contributed by atoms with Crippen molar-refractivity contribution < 1.29 is 15.4 Å². The standard InChI is InChI=1S/C8H7IO2/c9-7-4-2-1-3-6(7)5-8(10)11/h1-4H,5H2,(H,10,11)/i1D,2D,3D,4D. The van der Waals surface area contributed by atoms with Crippen LogP contribution in [0.25, 0.3) is 0 Å². The Kier molecular flexibility index (Phi) is 1.50. The zero-order valence-corrected chi connectivity index (χ0v) is 7.60. The average molecular weight is 266 g/mol. The Labute approximate surface area is 84.0 Å². The van der Waals surface area contributed by atoms with Gasteiger partial charge in [0.1, 0.15) is 0 Å². The highest BCUT2D eigenvalue weighted by Gasteiger charge is 2.02. The quantitative estimate of drug-likeness (QED) is 0.830. The third-order valence-electron chi connectivity index (χ3n) is 1.04. The van der Waals surface area contributed by atoms with Crippen LogP contribution in [-0.2, 0) is 11.2 Å². The van der Waals surface area contributed by atoms with Crippen molar-refractivity contribution in [2.75, 3.05) is 0 Å². The molecule has 0 aliphatic rings. The lowest BCUT2D eigenvalue weighted by Gasteiger charge is -1.98. The Bertz CT molecular complexity index is 404. The van der Waals surface area contributed by atoms with Gasteiger partial charge in [0.25, 0.3) is 0 Å². The van der Waals surface area contributed by atoms with E-state index >= 15 is 0 Å². The van der Waals surface area contributed by atoms with Gasteiger partial charge in [0.05, 0.1) is 11.9 Å². The highest BCUT2D eigenvalue weighted by atomic mass is 127. The summed E-state index contributed by atoms with van der Waals surface area (Å²) >= 11 is 1.73. The summed E-state index contributed by atoms with van der Waals surface area (Å²) in [5, 5.41) is 8.61. The summed E-state index contributed by atoms with van der Waals surface area (Å²) in [7, 11) is 0. The van der Waals surface area contributed by atoms with Gasteiger partial charge < -0.3 is 5.11 Å². The van der Waals surface area contributed by atoms with Crippen molar-refractivity contribution >= 4 is 28.6 Å². The molecule has 2 nitrogen and oxygen atoms in total. The minimum atomic E-state index is -1.11. The summed E-state index contributed by atoms with van der Waals surface area (Å²) in [6.45, 7) is 0. The van der Waals surface area contributed by atoms with Gasteiger partial charge in [-0.3, -0.25) is 4.79 Å². The molecule has 1 aromatic rings. The number of aliphatic carboxylic acids is 1. The average Bonchev–Trinajstić information content (AvgIpc) is 2.18. The molecule has 0 radical (unpaired) electrons. The van der Waals surface area contributed by atoms with Crippen LogP contribution in [0.15, 0.2) is 24.2 Å². The fourth-order valence-electron chi connectivity index (χ4n) is 0.596. The van der Waals surface area contributed by atoms with Crippen LogP contribution in [0.2, 0.25) is 0 Å². The number of carboxylic acid groups (broad SMARTS) is 1. The summed E-state index contributed by atoms with van der Waals surface area (Å²) in [4.78, 5) is 10.5. The number of carbonyl (C=O) groups is 1. The molecular weight excluding hydrogens is 255 g/mol. The first-order valence-corrected chi connectivity index (χ1v) is 3.90. The van der Waals surface area contributed by atoms with Gasteiger partial charge in [-0.05, 0) is 34.2 Å². The molecular formula is C8H7IO2. The molecule has 0 unspecified atom stereocenters. The number of hydrogen-bond donors (Lipinski definition) is 1. The van der Waals surface area contributed by atoms with Gasteiger partial charge in [-0.2, -0.15) is 0 Å². The smallest absolute Gasteiger partial charge is 0.307 e. The van der Waals surface area contributed by atoms with Crippen LogP contribution < -0.4 is 0 Å². The van der Waals surface area contributed by atoms with Crippen LogP contribution in [0, 0.1) is 3.57 Å². The molecule has 11 heavy (non-hydrogen) atoms. The molecule has 0 fully saturated rings. The summed E-state index contributed by atoms with van der Waals surface area (Å²) < 4.78 is 30.0. The maximum atomic E-state index is 10.5. The van der Waals surface area contributed by atoms with Gasteiger partial charge in [-0.1, -0.05) is 18.1 Å². The predicted molar refractivity (Wildman–Crippen MR) is 50.5 cm³/mol. The van der Waals surface area contributed by atoms with Gasteiger partial charge in [0.2, 0.25) is 0 Å². The highest BCUT2D eigenvalue weighted by molar-refractivity contribution is 14.1. The molecule has 0 aliphatic carbocycles. The second kappa shape index (κ2) is 3.71. The van der Waals surface area contributed by atoms with Crippen LogP contribution in [-0.4, -0.2) is 11.1 Å². The number of hydrogen-bond acceptors (Lipinski definition) is 1. The van der Waals surface area contributed by atoms with Crippen LogP contribution in [0.3, 0.4) is 0 Å². The van der Waals surface area contributed by atoms with E-state index < -0.39 is 18.4 Å². The largest absolute Gasteiger partial charge is 0.481 e. The highest BCUT2D eigenvalue weighted by Crippen LogP contribution is 2.11. The second-order valence-corrected chi connectivity index (χ2v) is 2.94. The first kappa shape index (κ1) is 4.45. The second-order valence-electron chi connectivity index (χ2n) is 1.86. The number of halogens is 1. The van der Waals surface area contributed by atoms with Crippen molar-refractivity contribution in [1.82, 2.24) is 0 Å². The molecule has 1 N–H and O–H groups in total. The van der Waals surface area contributed by atoms with E-state index in [9.17, 15) is 4.79 Å². The summed E-state index contributed by atoms with van der Waals surface area (Å²) in [6, 6.07) is -1.19. The van der Waals surface area contributed by atoms with E-state index in [2.05, 4.69) is 0 Å². The van der Waals surface area contributed by atoms with E-state index in [1.165, 1.54) is 0 Å². The lowest BCUT2D eigenvalue weighted by Crippen LogP contribution is -2.01. The van der Waals surface area contributed by atoms with E-state index in [1.54, 1.807) is 22.6 Å². The molecule has 0 aliphatic heterocycles. The molecule has 0 saturated carbocycles. The van der Waals surface area contributed by atoms with Crippen molar-refractivity contribution in [1.29, 1.82) is 0 Å². The zero-order chi connectivity index (χ0) is 11.7. The fraction of sp³-hybridized carbons (Fsp3) is 0.125. The van der Waals surface area contributed by atoms with Crippen LogP contribution in [0.5, 0.6) is 0 Å². The van der Waals surface area contributed by atoms with E-state index in [0.29, 0.717) is 0 Å². The van der Waals surface area contributed by atoms with Crippen molar-refractivity contribution in [2.45, 2.75) is 6.42 Å². The Morgan fingerprint density at radius 2 is 2.27 bits per heavy atom. The lowest BCUT2D eigenvalue weighted by molar-refractivity contribution is -0.136. The molecule has 0 heterocycles. The topological polar surface area (TPSA) is 37.3 Å². The molecule has 1 rings (SSSR count). The molecule has 58 valence electrons. The van der Waals surface area contributed by atoms with E-state index in [1.807, 2.05) is 0 Å². The minimum Gasteiger partial charge on any atom is -0.481 e. The third-order valence-corrected chi connectivity index (χ3v) is 1.96. The van der Waals surface area contributed by atoms with Crippen molar-refractivity contribution in [2.24, 2.45) is 0 Å². The normalized spacial score (nSPS) is 14.6. The Balaban J connectivity index is 3.45. The van der Waals surface area contributed by atoms with Gasteiger partial charge >= 0.3 is 5.97 Å². The Hall–Kier alpha value is -0.580. The molecule has 1 aromatic carbocycles. The Morgan fingerprint density at radius 3 is 2.91 bits per heavy atom. The van der Waals surface area contributed by atoms with Crippen LogP contribution in [0.1, 0.15) is 11.0 Å². The van der Waals surface area contributed by atoms with Gasteiger partial charge in [0, 0.05) is 3.57 Å². The number of rotatable bonds is 2. The first-order valence-electron chi connectivity index (χ1n) is 4.82. The monoisotopic (exact) mass is 266 g/mol. The van der Waals surface area contributed by atoms with Crippen LogP contribution in [0.4, 0.5) is 0 Å². The molecule has 3 heteroatoms. The van der Waals surface area contributed by atoms with E-state index in [4.69, 9.17) is 10.6 Å². The van der Waals surface area contributed by atoms with E-state index in [-0.39, 0.29) is 27.3 Å². The fourth-order valence-corrected chi connectivity index (χ4v) is 1.06. The Morgan fingerprint density at radius 1 is 1.64 bits per heavy atom. The molecule has 0 bridgehead atoms. The van der Waals surface area contributed by atoms with Crippen molar-refractivity contribution in [3.63, 3.8) is 0 Å².